The van der Waals surface area contributed by atoms with E-state index in [9.17, 15) is 4.79 Å². The molecule has 0 unspecified atom stereocenters. The summed E-state index contributed by atoms with van der Waals surface area (Å²) in [5.41, 5.74) is 7.52. The fraction of sp³-hybridized carbons (Fsp3) is 0.188. The zero-order chi connectivity index (χ0) is 15.2. The van der Waals surface area contributed by atoms with Crippen molar-refractivity contribution in [2.45, 2.75) is 13.5 Å². The van der Waals surface area contributed by atoms with Gasteiger partial charge in [-0.05, 0) is 36.8 Å². The number of ether oxygens (including phenoxy) is 2. The number of hydrogen-bond donors (Lipinski definition) is 1. The van der Waals surface area contributed by atoms with E-state index < -0.39 is 5.97 Å². The second kappa shape index (κ2) is 7.13. The normalized spacial score (nSPS) is 10.2. The van der Waals surface area contributed by atoms with E-state index in [2.05, 4.69) is 15.9 Å². The molecule has 4 nitrogen and oxygen atoms in total. The summed E-state index contributed by atoms with van der Waals surface area (Å²) in [6.45, 7) is 2.58. The Kier molecular flexibility index (Phi) is 5.22. The summed E-state index contributed by atoms with van der Waals surface area (Å²) < 4.78 is 11.6. The van der Waals surface area contributed by atoms with Crippen LogP contribution in [0.3, 0.4) is 0 Å². The van der Waals surface area contributed by atoms with Crippen molar-refractivity contribution in [3.05, 3.63) is 58.1 Å². The number of rotatable bonds is 5. The Morgan fingerprint density at radius 3 is 2.76 bits per heavy atom. The van der Waals surface area contributed by atoms with Crippen LogP contribution >= 0.6 is 15.9 Å². The fourth-order valence-corrected chi connectivity index (χ4v) is 2.30. The molecule has 0 spiro atoms. The molecule has 0 saturated carbocycles. The van der Waals surface area contributed by atoms with Gasteiger partial charge in [0, 0.05) is 16.2 Å². The minimum absolute atomic E-state index is 0.205. The summed E-state index contributed by atoms with van der Waals surface area (Å²) in [7, 11) is 0. The molecule has 5 heteroatoms. The van der Waals surface area contributed by atoms with E-state index in [1.165, 1.54) is 0 Å². The number of hydrogen-bond acceptors (Lipinski definition) is 4. The van der Waals surface area contributed by atoms with Crippen LogP contribution in [0.1, 0.15) is 22.8 Å². The van der Waals surface area contributed by atoms with Gasteiger partial charge >= 0.3 is 5.97 Å². The second-order valence-corrected chi connectivity index (χ2v) is 5.35. The molecule has 0 amide bonds. The predicted octanol–water partition coefficient (Wildman–Crippen LogP) is 3.79. The SMILES string of the molecule is CCOc1cc(N)cc(C(=O)OCc2cccc(Br)c2)c1. The Hall–Kier alpha value is -2.01. The molecular formula is C16H16BrNO3. The molecule has 0 bridgehead atoms. The average Bonchev–Trinajstić information content (AvgIpc) is 2.44. The van der Waals surface area contributed by atoms with Gasteiger partial charge in [0.1, 0.15) is 12.4 Å². The minimum Gasteiger partial charge on any atom is -0.494 e. The average molecular weight is 350 g/mol. The van der Waals surface area contributed by atoms with Crippen molar-refractivity contribution in [3.63, 3.8) is 0 Å². The van der Waals surface area contributed by atoms with E-state index in [0.717, 1.165) is 10.0 Å². The zero-order valence-corrected chi connectivity index (χ0v) is 13.2. The van der Waals surface area contributed by atoms with Gasteiger partial charge in [-0.1, -0.05) is 28.1 Å². The Morgan fingerprint density at radius 1 is 1.24 bits per heavy atom. The summed E-state index contributed by atoms with van der Waals surface area (Å²) in [5, 5.41) is 0. The number of esters is 1. The Labute approximate surface area is 132 Å². The van der Waals surface area contributed by atoms with Crippen LogP contribution in [0, 0.1) is 0 Å². The monoisotopic (exact) mass is 349 g/mol. The first-order valence-electron chi connectivity index (χ1n) is 6.53. The maximum Gasteiger partial charge on any atom is 0.338 e. The van der Waals surface area contributed by atoms with Crippen LogP contribution in [-0.4, -0.2) is 12.6 Å². The first-order chi connectivity index (χ1) is 10.1. The number of carbonyl (C=O) groups excluding carboxylic acids is 1. The molecule has 110 valence electrons. The van der Waals surface area contributed by atoms with Crippen molar-refractivity contribution < 1.29 is 14.3 Å². The number of anilines is 1. The van der Waals surface area contributed by atoms with Crippen LogP contribution in [0.5, 0.6) is 5.75 Å². The summed E-state index contributed by atoms with van der Waals surface area (Å²) in [4.78, 5) is 12.1. The number of carbonyl (C=O) groups is 1. The standard InChI is InChI=1S/C16H16BrNO3/c1-2-20-15-8-12(7-14(18)9-15)16(19)21-10-11-4-3-5-13(17)6-11/h3-9H,2,10,18H2,1H3. The van der Waals surface area contributed by atoms with Crippen LogP contribution in [0.4, 0.5) is 5.69 Å². The number of benzene rings is 2. The molecule has 0 aliphatic heterocycles. The van der Waals surface area contributed by atoms with Crippen molar-refractivity contribution in [1.29, 1.82) is 0 Å². The molecule has 0 heterocycles. The van der Waals surface area contributed by atoms with Crippen molar-refractivity contribution in [2.75, 3.05) is 12.3 Å². The largest absolute Gasteiger partial charge is 0.494 e. The Balaban J connectivity index is 2.06. The lowest BCUT2D eigenvalue weighted by atomic mass is 10.2. The van der Waals surface area contributed by atoms with Crippen LogP contribution in [0.25, 0.3) is 0 Å². The lowest BCUT2D eigenvalue weighted by Crippen LogP contribution is -2.06. The molecule has 21 heavy (non-hydrogen) atoms. The quantitative estimate of drug-likeness (QED) is 0.658. The molecule has 2 aromatic rings. The zero-order valence-electron chi connectivity index (χ0n) is 11.6. The molecular weight excluding hydrogens is 334 g/mol. The lowest BCUT2D eigenvalue weighted by molar-refractivity contribution is 0.0472. The summed E-state index contributed by atoms with van der Waals surface area (Å²) in [5.74, 6) is 0.134. The topological polar surface area (TPSA) is 61.5 Å². The molecule has 0 fully saturated rings. The molecule has 0 radical (unpaired) electrons. The van der Waals surface area contributed by atoms with Crippen molar-refractivity contribution in [1.82, 2.24) is 0 Å². The molecule has 2 N–H and O–H groups in total. The highest BCUT2D eigenvalue weighted by Crippen LogP contribution is 2.20. The van der Waals surface area contributed by atoms with Crippen LogP contribution in [0.2, 0.25) is 0 Å². The van der Waals surface area contributed by atoms with Crippen LogP contribution < -0.4 is 10.5 Å². The van der Waals surface area contributed by atoms with Crippen molar-refractivity contribution in [3.8, 4) is 5.75 Å². The Morgan fingerprint density at radius 2 is 2.05 bits per heavy atom. The van der Waals surface area contributed by atoms with Crippen molar-refractivity contribution >= 4 is 27.6 Å². The number of halogens is 1. The molecule has 0 saturated heterocycles. The first kappa shape index (κ1) is 15.4. The van der Waals surface area contributed by atoms with Gasteiger partial charge in [0.25, 0.3) is 0 Å². The maximum atomic E-state index is 12.1. The number of nitrogens with two attached hydrogens (primary N) is 1. The first-order valence-corrected chi connectivity index (χ1v) is 7.32. The minimum atomic E-state index is -0.428. The second-order valence-electron chi connectivity index (χ2n) is 4.43. The van der Waals surface area contributed by atoms with Gasteiger partial charge in [0.2, 0.25) is 0 Å². The van der Waals surface area contributed by atoms with E-state index in [1.807, 2.05) is 31.2 Å². The van der Waals surface area contributed by atoms with E-state index >= 15 is 0 Å². The summed E-state index contributed by atoms with van der Waals surface area (Å²) in [6, 6.07) is 12.5. The van der Waals surface area contributed by atoms with Gasteiger partial charge in [0.15, 0.2) is 0 Å². The van der Waals surface area contributed by atoms with Gasteiger partial charge in [-0.3, -0.25) is 0 Å². The number of nitrogen functional groups attached to an aromatic ring is 1. The highest BCUT2D eigenvalue weighted by atomic mass is 79.9. The molecule has 2 aromatic carbocycles. The van der Waals surface area contributed by atoms with Gasteiger partial charge in [-0.15, -0.1) is 0 Å². The van der Waals surface area contributed by atoms with E-state index in [1.54, 1.807) is 18.2 Å². The van der Waals surface area contributed by atoms with Crippen LogP contribution in [-0.2, 0) is 11.3 Å². The van der Waals surface area contributed by atoms with Gasteiger partial charge in [-0.2, -0.15) is 0 Å². The molecule has 0 aromatic heterocycles. The van der Waals surface area contributed by atoms with Gasteiger partial charge in [-0.25, -0.2) is 4.79 Å². The smallest absolute Gasteiger partial charge is 0.338 e. The molecule has 0 aliphatic carbocycles. The van der Waals surface area contributed by atoms with E-state index in [4.69, 9.17) is 15.2 Å². The fourth-order valence-electron chi connectivity index (χ4n) is 1.85. The predicted molar refractivity (Wildman–Crippen MR) is 85.3 cm³/mol. The maximum absolute atomic E-state index is 12.1. The molecule has 0 aliphatic rings. The highest BCUT2D eigenvalue weighted by Gasteiger charge is 2.10. The third-order valence-electron chi connectivity index (χ3n) is 2.73. The lowest BCUT2D eigenvalue weighted by Gasteiger charge is -2.09. The van der Waals surface area contributed by atoms with Gasteiger partial charge in [0.05, 0.1) is 12.2 Å². The molecule has 0 atom stereocenters. The van der Waals surface area contributed by atoms with Crippen LogP contribution in [0.15, 0.2) is 46.9 Å². The third-order valence-corrected chi connectivity index (χ3v) is 3.23. The molecule has 2 rings (SSSR count). The van der Waals surface area contributed by atoms with Crippen molar-refractivity contribution in [2.24, 2.45) is 0 Å². The summed E-state index contributed by atoms with van der Waals surface area (Å²) >= 11 is 3.38. The van der Waals surface area contributed by atoms with Gasteiger partial charge < -0.3 is 15.2 Å². The third kappa shape index (κ3) is 4.49. The summed E-state index contributed by atoms with van der Waals surface area (Å²) in [6.07, 6.45) is 0. The highest BCUT2D eigenvalue weighted by molar-refractivity contribution is 9.10. The van der Waals surface area contributed by atoms with E-state index in [-0.39, 0.29) is 6.61 Å². The van der Waals surface area contributed by atoms with E-state index in [0.29, 0.717) is 23.6 Å². The Bertz CT molecular complexity index is 643.